The summed E-state index contributed by atoms with van der Waals surface area (Å²) in [7, 11) is 0. The van der Waals surface area contributed by atoms with Gasteiger partial charge < -0.3 is 0 Å². The average molecular weight is 186 g/mol. The average Bonchev–Trinajstić information content (AvgIpc) is 2.26. The van der Waals surface area contributed by atoms with Gasteiger partial charge in [0.05, 0.1) is 0 Å². The Bertz CT molecular complexity index is 317. The highest BCUT2D eigenvalue weighted by Crippen LogP contribution is 2.15. The topological polar surface area (TPSA) is 0 Å². The van der Waals surface area contributed by atoms with Crippen molar-refractivity contribution in [2.24, 2.45) is 0 Å². The van der Waals surface area contributed by atoms with Gasteiger partial charge >= 0.3 is 0 Å². The zero-order chi connectivity index (χ0) is 10.4. The molecule has 0 aromatic heterocycles. The van der Waals surface area contributed by atoms with E-state index < -0.39 is 0 Å². The highest BCUT2D eigenvalue weighted by molar-refractivity contribution is 5.28. The summed E-state index contributed by atoms with van der Waals surface area (Å²) in [5.74, 6) is 0. The maximum absolute atomic E-state index is 3.81. The third kappa shape index (κ3) is 2.88. The number of hydrogen-bond acceptors (Lipinski definition) is 0. The number of benzene rings is 1. The molecule has 0 unspecified atom stereocenters. The van der Waals surface area contributed by atoms with E-state index in [0.29, 0.717) is 0 Å². The van der Waals surface area contributed by atoms with Crippen LogP contribution < -0.4 is 0 Å². The predicted octanol–water partition coefficient (Wildman–Crippen LogP) is 4.14. The van der Waals surface area contributed by atoms with E-state index in [1.807, 2.05) is 6.08 Å². The SMILES string of the molecule is C=CC(C)=C(CC)Cc1ccccc1. The van der Waals surface area contributed by atoms with E-state index in [1.54, 1.807) is 0 Å². The molecule has 0 spiro atoms. The molecule has 0 saturated heterocycles. The molecule has 0 radical (unpaired) electrons. The molecule has 1 rings (SSSR count). The van der Waals surface area contributed by atoms with Crippen molar-refractivity contribution >= 4 is 0 Å². The number of hydrogen-bond donors (Lipinski definition) is 0. The van der Waals surface area contributed by atoms with Crippen molar-refractivity contribution in [3.05, 3.63) is 59.7 Å². The highest BCUT2D eigenvalue weighted by Gasteiger charge is 1.99. The van der Waals surface area contributed by atoms with Gasteiger partial charge in [-0.05, 0) is 25.3 Å². The van der Waals surface area contributed by atoms with Crippen LogP contribution in [0.2, 0.25) is 0 Å². The minimum absolute atomic E-state index is 1.05. The fourth-order valence-corrected chi connectivity index (χ4v) is 1.53. The van der Waals surface area contributed by atoms with Crippen molar-refractivity contribution in [1.82, 2.24) is 0 Å². The predicted molar refractivity (Wildman–Crippen MR) is 63.3 cm³/mol. The van der Waals surface area contributed by atoms with Gasteiger partial charge in [-0.1, -0.05) is 61.1 Å². The zero-order valence-corrected chi connectivity index (χ0v) is 9.09. The Morgan fingerprint density at radius 1 is 1.29 bits per heavy atom. The molecule has 14 heavy (non-hydrogen) atoms. The summed E-state index contributed by atoms with van der Waals surface area (Å²) in [6.45, 7) is 8.15. The molecule has 0 heterocycles. The van der Waals surface area contributed by atoms with Crippen molar-refractivity contribution in [2.45, 2.75) is 26.7 Å². The first-order chi connectivity index (χ1) is 6.77. The lowest BCUT2D eigenvalue weighted by Crippen LogP contribution is -1.91. The van der Waals surface area contributed by atoms with E-state index in [1.165, 1.54) is 16.7 Å². The largest absolute Gasteiger partial charge is 0.0988 e. The van der Waals surface area contributed by atoms with E-state index in [9.17, 15) is 0 Å². The van der Waals surface area contributed by atoms with Crippen LogP contribution in [0, 0.1) is 0 Å². The van der Waals surface area contributed by atoms with Crippen LogP contribution in [-0.4, -0.2) is 0 Å². The third-order valence-electron chi connectivity index (χ3n) is 2.55. The van der Waals surface area contributed by atoms with E-state index in [4.69, 9.17) is 0 Å². The molecule has 0 bridgehead atoms. The molecule has 0 atom stereocenters. The summed E-state index contributed by atoms with van der Waals surface area (Å²) in [4.78, 5) is 0. The summed E-state index contributed by atoms with van der Waals surface area (Å²) in [5, 5.41) is 0. The van der Waals surface area contributed by atoms with E-state index in [-0.39, 0.29) is 0 Å². The second kappa shape index (κ2) is 5.43. The molecule has 0 aliphatic carbocycles. The maximum atomic E-state index is 3.81. The minimum atomic E-state index is 1.05. The molecule has 0 amide bonds. The van der Waals surface area contributed by atoms with Crippen LogP contribution in [-0.2, 0) is 6.42 Å². The second-order valence-corrected chi connectivity index (χ2v) is 3.51. The molecule has 0 aliphatic rings. The Kier molecular flexibility index (Phi) is 4.18. The lowest BCUT2D eigenvalue weighted by molar-refractivity contribution is 0.982. The smallest absolute Gasteiger partial charge is 0.00615 e. The Labute approximate surface area is 87.0 Å². The molecule has 1 aromatic carbocycles. The molecule has 0 saturated carbocycles. The van der Waals surface area contributed by atoms with Gasteiger partial charge in [0.2, 0.25) is 0 Å². The lowest BCUT2D eigenvalue weighted by atomic mass is 9.99. The first kappa shape index (κ1) is 10.8. The van der Waals surface area contributed by atoms with E-state index in [0.717, 1.165) is 12.8 Å². The first-order valence-electron chi connectivity index (χ1n) is 5.13. The molecule has 0 fully saturated rings. The van der Waals surface area contributed by atoms with Crippen molar-refractivity contribution in [2.75, 3.05) is 0 Å². The van der Waals surface area contributed by atoms with E-state index in [2.05, 4.69) is 50.8 Å². The lowest BCUT2D eigenvalue weighted by Gasteiger charge is -2.07. The molecule has 74 valence electrons. The summed E-state index contributed by atoms with van der Waals surface area (Å²) in [5.41, 5.74) is 4.17. The standard InChI is InChI=1S/C14H18/c1-4-12(3)14(5-2)11-13-9-7-6-8-10-13/h4,6-10H,1,5,11H2,2-3H3. The Hall–Kier alpha value is -1.30. The van der Waals surface area contributed by atoms with Crippen LogP contribution in [0.25, 0.3) is 0 Å². The first-order valence-corrected chi connectivity index (χ1v) is 5.13. The summed E-state index contributed by atoms with van der Waals surface area (Å²) in [6, 6.07) is 10.6. The van der Waals surface area contributed by atoms with Gasteiger partial charge in [0, 0.05) is 0 Å². The molecule has 0 aliphatic heterocycles. The van der Waals surface area contributed by atoms with Crippen LogP contribution in [0.1, 0.15) is 25.8 Å². The van der Waals surface area contributed by atoms with Gasteiger partial charge in [-0.15, -0.1) is 0 Å². The Balaban J connectivity index is 2.82. The van der Waals surface area contributed by atoms with Crippen LogP contribution in [0.3, 0.4) is 0 Å². The normalized spacial score (nSPS) is 12.1. The maximum Gasteiger partial charge on any atom is -0.00615 e. The van der Waals surface area contributed by atoms with E-state index >= 15 is 0 Å². The van der Waals surface area contributed by atoms with Gasteiger partial charge in [-0.2, -0.15) is 0 Å². The van der Waals surface area contributed by atoms with Crippen molar-refractivity contribution in [3.8, 4) is 0 Å². The van der Waals surface area contributed by atoms with Gasteiger partial charge in [0.25, 0.3) is 0 Å². The van der Waals surface area contributed by atoms with Crippen LogP contribution in [0.4, 0.5) is 0 Å². The number of rotatable bonds is 4. The van der Waals surface area contributed by atoms with Crippen molar-refractivity contribution in [3.63, 3.8) is 0 Å². The van der Waals surface area contributed by atoms with Crippen LogP contribution in [0.15, 0.2) is 54.1 Å². The zero-order valence-electron chi connectivity index (χ0n) is 9.09. The fourth-order valence-electron chi connectivity index (χ4n) is 1.53. The quantitative estimate of drug-likeness (QED) is 0.620. The van der Waals surface area contributed by atoms with Gasteiger partial charge in [-0.25, -0.2) is 0 Å². The molecule has 0 nitrogen and oxygen atoms in total. The van der Waals surface area contributed by atoms with Crippen LogP contribution in [0.5, 0.6) is 0 Å². The van der Waals surface area contributed by atoms with Gasteiger partial charge in [0.1, 0.15) is 0 Å². The Morgan fingerprint density at radius 2 is 1.93 bits per heavy atom. The van der Waals surface area contributed by atoms with Gasteiger partial charge in [-0.3, -0.25) is 0 Å². The highest BCUT2D eigenvalue weighted by atomic mass is 14.0. The third-order valence-corrected chi connectivity index (χ3v) is 2.55. The summed E-state index contributed by atoms with van der Waals surface area (Å²) >= 11 is 0. The Morgan fingerprint density at radius 3 is 2.43 bits per heavy atom. The number of allylic oxidation sites excluding steroid dienone is 3. The molecule has 1 aromatic rings. The molecular formula is C14H18. The van der Waals surface area contributed by atoms with Crippen molar-refractivity contribution in [1.29, 1.82) is 0 Å². The second-order valence-electron chi connectivity index (χ2n) is 3.51. The molecular weight excluding hydrogens is 168 g/mol. The van der Waals surface area contributed by atoms with Crippen molar-refractivity contribution < 1.29 is 0 Å². The molecule has 0 N–H and O–H groups in total. The van der Waals surface area contributed by atoms with Crippen LogP contribution >= 0.6 is 0 Å². The summed E-state index contributed by atoms with van der Waals surface area (Å²) < 4.78 is 0. The fraction of sp³-hybridized carbons (Fsp3) is 0.286. The molecule has 0 heteroatoms. The van der Waals surface area contributed by atoms with Gasteiger partial charge in [0.15, 0.2) is 0 Å². The minimum Gasteiger partial charge on any atom is -0.0988 e. The monoisotopic (exact) mass is 186 g/mol. The summed E-state index contributed by atoms with van der Waals surface area (Å²) in [6.07, 6.45) is 4.10.